The summed E-state index contributed by atoms with van der Waals surface area (Å²) in [7, 11) is 0. The number of hydrogen-bond acceptors (Lipinski definition) is 12. The van der Waals surface area contributed by atoms with Crippen LogP contribution in [0.2, 0.25) is 0 Å². The van der Waals surface area contributed by atoms with E-state index in [1.165, 1.54) is 221 Å². The molecule has 0 atom stereocenters. The van der Waals surface area contributed by atoms with Crippen LogP contribution in [0.25, 0.3) is 243 Å². The van der Waals surface area contributed by atoms with Gasteiger partial charge in [-0.3, -0.25) is 37.5 Å². The molecule has 0 amide bonds. The molecule has 16 heteroatoms. The molecule has 16 nitrogen and oxygen atoms in total. The van der Waals surface area contributed by atoms with Gasteiger partial charge in [-0.2, -0.15) is 0 Å². The summed E-state index contributed by atoms with van der Waals surface area (Å²) in [4.78, 5) is 56.8. The average Bonchev–Trinajstić information content (AvgIpc) is 1.56. The molecule has 648 valence electrons. The van der Waals surface area contributed by atoms with Crippen molar-refractivity contribution >= 4 is 154 Å². The summed E-state index contributed by atoms with van der Waals surface area (Å²) in [5.41, 5.74) is 60.3. The van der Waals surface area contributed by atoms with Gasteiger partial charge in [-0.25, -0.2) is 39.9 Å². The maximum absolute atomic E-state index is 5.04. The van der Waals surface area contributed by atoms with E-state index in [9.17, 15) is 0 Å². The van der Waals surface area contributed by atoms with Crippen LogP contribution in [0.3, 0.4) is 0 Å². The summed E-state index contributed by atoms with van der Waals surface area (Å²) in [6, 6.07) is 98.0. The van der Waals surface area contributed by atoms with Crippen LogP contribution < -0.4 is 0 Å². The quantitative estimate of drug-likeness (QED) is 0.132. The Kier molecular flexibility index (Phi) is 14.9. The summed E-state index contributed by atoms with van der Waals surface area (Å²) in [6.45, 7) is 0. The molecule has 0 N–H and O–H groups in total. The molecule has 8 aliphatic carbocycles. The molecule has 0 fully saturated rings. The highest BCUT2D eigenvalue weighted by atomic mass is 15.1. The second-order valence-corrected chi connectivity index (χ2v) is 38.8. The van der Waals surface area contributed by atoms with Gasteiger partial charge < -0.3 is 0 Å². The van der Waals surface area contributed by atoms with Gasteiger partial charge in [-0.05, 0) is 378 Å². The Morgan fingerprint density at radius 1 is 0.164 bits per heavy atom. The molecule has 28 aromatic rings. The minimum Gasteiger partial charge on any atom is -0.274 e. The lowest BCUT2D eigenvalue weighted by molar-refractivity contribution is 1.16. The van der Waals surface area contributed by atoms with Crippen molar-refractivity contribution in [2.24, 2.45) is 0 Å². The van der Waals surface area contributed by atoms with E-state index >= 15 is 0 Å². The van der Waals surface area contributed by atoms with Crippen LogP contribution in [0.15, 0.2) is 341 Å². The number of rotatable bonds is 0. The molecule has 8 aliphatic rings. The summed E-state index contributed by atoms with van der Waals surface area (Å²) in [5.74, 6) is 0. The van der Waals surface area contributed by atoms with Crippen LogP contribution in [0.1, 0.15) is 89.0 Å². The first-order chi connectivity index (χ1) is 69.4. The highest BCUT2D eigenvalue weighted by Crippen LogP contribution is 2.56. The van der Waals surface area contributed by atoms with Crippen LogP contribution in [0.4, 0.5) is 0 Å². The van der Waals surface area contributed by atoms with Crippen LogP contribution in [-0.2, 0) is 51.4 Å². The molecule has 140 heavy (non-hydrogen) atoms. The normalized spacial score (nSPS) is 13.5. The highest BCUT2D eigenvalue weighted by molar-refractivity contribution is 6.20. The Morgan fingerprint density at radius 2 is 0.450 bits per heavy atom. The molecular weight excluding hydrogens is 1710 g/mol. The van der Waals surface area contributed by atoms with E-state index in [1.54, 1.807) is 24.8 Å². The summed E-state index contributed by atoms with van der Waals surface area (Å²) >= 11 is 0. The maximum Gasteiger partial charge on any atom is 0.147 e. The number of fused-ring (bicyclic) bond motifs is 59. The fourth-order valence-corrected chi connectivity index (χ4v) is 25.8. The molecule has 12 aromatic carbocycles. The van der Waals surface area contributed by atoms with E-state index in [4.69, 9.17) is 39.9 Å². The lowest BCUT2D eigenvalue weighted by atomic mass is 9.92. The second kappa shape index (κ2) is 27.7. The lowest BCUT2D eigenvalue weighted by Gasteiger charge is -2.13. The van der Waals surface area contributed by atoms with Crippen molar-refractivity contribution < 1.29 is 0 Å². The molecule has 0 bridgehead atoms. The molecule has 0 unspecified atom stereocenters. The largest absolute Gasteiger partial charge is 0.274 e. The van der Waals surface area contributed by atoms with Gasteiger partial charge in [0.25, 0.3) is 0 Å². The van der Waals surface area contributed by atoms with E-state index in [2.05, 4.69) is 256 Å². The number of pyridine rings is 12. The molecule has 0 saturated carbocycles. The van der Waals surface area contributed by atoms with E-state index in [1.807, 2.05) is 98.1 Å². The Morgan fingerprint density at radius 3 is 0.907 bits per heavy atom. The Balaban J connectivity index is 0.0000000829. The van der Waals surface area contributed by atoms with Gasteiger partial charge in [0.15, 0.2) is 0 Å². The van der Waals surface area contributed by atoms with Crippen molar-refractivity contribution in [3.63, 3.8) is 0 Å². The average molecular weight is 1790 g/mol. The number of aromatic nitrogens is 16. The van der Waals surface area contributed by atoms with Crippen LogP contribution >= 0.6 is 0 Å². The molecule has 0 spiro atoms. The van der Waals surface area contributed by atoms with Crippen molar-refractivity contribution in [2.45, 2.75) is 51.4 Å². The summed E-state index contributed by atoms with van der Waals surface area (Å²) in [5, 5.41) is 14.1. The van der Waals surface area contributed by atoms with Gasteiger partial charge in [-0.15, -0.1) is 0 Å². The number of hydrogen-bond donors (Lipinski definition) is 0. The first-order valence-corrected chi connectivity index (χ1v) is 48.2. The van der Waals surface area contributed by atoms with Gasteiger partial charge in [0, 0.05) is 92.7 Å². The maximum atomic E-state index is 5.04. The van der Waals surface area contributed by atoms with Crippen molar-refractivity contribution in [3.8, 4) is 89.0 Å². The van der Waals surface area contributed by atoms with E-state index in [0.29, 0.717) is 0 Å². The lowest BCUT2D eigenvalue weighted by Crippen LogP contribution is -1.95. The first kappa shape index (κ1) is 75.1. The molecule has 0 aliphatic heterocycles. The van der Waals surface area contributed by atoms with Crippen LogP contribution in [0, 0.1) is 0 Å². The molecular formula is C124H72N16. The van der Waals surface area contributed by atoms with Gasteiger partial charge in [-0.1, -0.05) is 140 Å². The van der Waals surface area contributed by atoms with E-state index in [0.717, 1.165) is 162 Å². The minimum atomic E-state index is 0.923. The van der Waals surface area contributed by atoms with Gasteiger partial charge in [0.05, 0.1) is 68.9 Å². The third kappa shape index (κ3) is 10.3. The molecule has 36 rings (SSSR count). The standard InChI is InChI=1S/4C31H18N4/c1-2-5-20-17(4-1)13-25-21(20)8-7-18-12-19-14-26-24(15-23(19)29(18)25)22-6-3-10-33-30(22)35-28-16-32-11-9-27(28)34-31(26)35;1-2-5-19-17(4-1)12-24-20(19)7-8-21-23-15-26-22-6-3-10-33-30(22)35-29-16-32-11-9-28(29)34-31(35)27(26)14-18(23)13-25(21)24;1-2-5-21-17(4-1)12-18-7-8-19-13-20-14-25-24(15-23(20)29(19)28(18)21)22-6-3-10-33-30(22)35-27-16-32-11-9-26(27)34-31(25)35;1-2-5-21-17(4-1)10-18-11-19-12-20-13-27-26(15-25(20)24(19)14-23(18)21)22-6-3-8-33-30(22)35-29-16-32-9-7-28(29)34-31(27)35/h3*1-11,14-16H,12-13H2;1-9,11,13-16H,10,12H2. The zero-order chi connectivity index (χ0) is 90.7. The fourth-order valence-electron chi connectivity index (χ4n) is 25.8. The third-order valence-electron chi connectivity index (χ3n) is 31.8. The zero-order valence-corrected chi connectivity index (χ0v) is 75.1. The van der Waals surface area contributed by atoms with E-state index < -0.39 is 0 Å². The van der Waals surface area contributed by atoms with Crippen LogP contribution in [0.5, 0.6) is 0 Å². The monoisotopic (exact) mass is 1780 g/mol. The Labute approximate surface area is 796 Å². The van der Waals surface area contributed by atoms with E-state index in [-0.39, 0.29) is 0 Å². The summed E-state index contributed by atoms with van der Waals surface area (Å²) in [6.07, 6.45) is 30.1. The third-order valence-corrected chi connectivity index (χ3v) is 31.8. The smallest absolute Gasteiger partial charge is 0.147 e. The fraction of sp³-hybridized carbons (Fsp3) is 0.0645. The highest BCUT2D eigenvalue weighted by Gasteiger charge is 2.36. The van der Waals surface area contributed by atoms with Gasteiger partial charge in [0.1, 0.15) is 45.2 Å². The first-order valence-electron chi connectivity index (χ1n) is 48.2. The Hall–Kier alpha value is -18.3. The van der Waals surface area contributed by atoms with Crippen molar-refractivity contribution in [1.82, 2.24) is 77.4 Å². The second-order valence-electron chi connectivity index (χ2n) is 38.8. The summed E-state index contributed by atoms with van der Waals surface area (Å²) < 4.78 is 8.67. The molecule has 0 radical (unpaired) electrons. The van der Waals surface area contributed by atoms with Crippen molar-refractivity contribution in [2.75, 3.05) is 0 Å². The predicted octanol–water partition coefficient (Wildman–Crippen LogP) is 26.9. The van der Waals surface area contributed by atoms with Crippen molar-refractivity contribution in [1.29, 1.82) is 0 Å². The minimum absolute atomic E-state index is 0.923. The van der Waals surface area contributed by atoms with Crippen LogP contribution in [-0.4, -0.2) is 77.4 Å². The topological polar surface area (TPSA) is 172 Å². The SMILES string of the molecule is c1ccc2c(c1)Cc1c-2ccc2c1-c1cc3c4cccnc4n4c5cnccc5nc4c3cc1C2.c1ccc2c(c1)Cc1c-2ccc2c1Cc1cc3c(cc1-2)c1cccnc1n1c2cnccc2nc31.c1ccc2c(c1)Cc1cc3c(cc1-2)-c1cc2c4cccnc4n4c5cnccc5nc4c2cc1C3.c1ccc2c(c1)Cc1ccc3c(c1-2)-c1cc2c4cccnc4n4c5cnccc5nc4c2cc1C3. The Bertz CT molecular complexity index is 10700. The number of nitrogens with zero attached hydrogens (tertiary/aromatic N) is 16. The van der Waals surface area contributed by atoms with Gasteiger partial charge >= 0.3 is 0 Å². The van der Waals surface area contributed by atoms with Crippen molar-refractivity contribution in [3.05, 3.63) is 430 Å². The predicted molar refractivity (Wildman–Crippen MR) is 559 cm³/mol. The number of benzene rings is 12. The molecule has 16 heterocycles. The zero-order valence-electron chi connectivity index (χ0n) is 75.1. The molecule has 16 aromatic heterocycles. The van der Waals surface area contributed by atoms with Gasteiger partial charge in [0.2, 0.25) is 0 Å². The number of imidazole rings is 4. The molecule has 0 saturated heterocycles.